The second kappa shape index (κ2) is 5.67. The first-order valence-corrected chi connectivity index (χ1v) is 6.01. The van der Waals surface area contributed by atoms with Gasteiger partial charge in [0.15, 0.2) is 0 Å². The summed E-state index contributed by atoms with van der Waals surface area (Å²) in [5, 5.41) is 12.2. The molecule has 0 saturated heterocycles. The Labute approximate surface area is 115 Å². The predicted molar refractivity (Wildman–Crippen MR) is 72.5 cm³/mol. The van der Waals surface area contributed by atoms with E-state index in [0.29, 0.717) is 5.82 Å². The summed E-state index contributed by atoms with van der Waals surface area (Å²) in [5.74, 6) is -0.607. The molecule has 2 rings (SSSR count). The lowest BCUT2D eigenvalue weighted by molar-refractivity contribution is 0.0696. The molecule has 0 amide bonds. The molecule has 98 valence electrons. The van der Waals surface area contributed by atoms with Crippen LogP contribution in [-0.4, -0.2) is 21.0 Å². The molecule has 0 bridgehead atoms. The van der Waals surface area contributed by atoms with Crippen LogP contribution in [0.25, 0.3) is 0 Å². The zero-order valence-electron chi connectivity index (χ0n) is 10.2. The first-order valence-electron chi connectivity index (χ1n) is 5.63. The number of carboxylic acid groups (broad SMARTS) is 1. The maximum atomic E-state index is 10.8. The Morgan fingerprint density at radius 2 is 2.26 bits per heavy atom. The molecular weight excluding hydrogens is 266 g/mol. The van der Waals surface area contributed by atoms with E-state index in [1.54, 1.807) is 12.4 Å². The highest BCUT2D eigenvalue weighted by atomic mass is 35.5. The van der Waals surface area contributed by atoms with Crippen LogP contribution in [-0.2, 0) is 0 Å². The number of aromatic carboxylic acids is 1. The molecule has 6 heteroatoms. The number of hydrogen-bond donors (Lipinski definition) is 2. The monoisotopic (exact) mass is 277 g/mol. The number of rotatable bonds is 4. The standard InChI is InChI=1S/C13H12ClN3O2/c1-8(9-3-2-4-15-6-9)17-12-11(14)5-10(7-16-12)13(18)19/h2-8H,1H3,(H,16,17)(H,18,19)/t8-/m1/s1. The van der Waals surface area contributed by atoms with E-state index in [2.05, 4.69) is 15.3 Å². The number of aromatic nitrogens is 2. The number of carbonyl (C=O) groups is 1. The minimum atomic E-state index is -1.05. The van der Waals surface area contributed by atoms with Gasteiger partial charge < -0.3 is 10.4 Å². The number of carboxylic acids is 1. The molecule has 0 saturated carbocycles. The van der Waals surface area contributed by atoms with Crippen LogP contribution < -0.4 is 5.32 Å². The average molecular weight is 278 g/mol. The van der Waals surface area contributed by atoms with Gasteiger partial charge in [0, 0.05) is 18.6 Å². The number of nitrogens with zero attached hydrogens (tertiary/aromatic N) is 2. The molecule has 2 aromatic heterocycles. The van der Waals surface area contributed by atoms with Gasteiger partial charge in [0.25, 0.3) is 0 Å². The summed E-state index contributed by atoms with van der Waals surface area (Å²) in [5.41, 5.74) is 1.05. The third-order valence-corrected chi connectivity index (χ3v) is 2.91. The van der Waals surface area contributed by atoms with Gasteiger partial charge in [-0.1, -0.05) is 17.7 Å². The van der Waals surface area contributed by atoms with E-state index < -0.39 is 5.97 Å². The largest absolute Gasteiger partial charge is 0.478 e. The normalized spacial score (nSPS) is 11.9. The average Bonchev–Trinajstić information content (AvgIpc) is 2.41. The molecule has 0 spiro atoms. The Hall–Kier alpha value is -2.14. The summed E-state index contributed by atoms with van der Waals surface area (Å²) < 4.78 is 0. The molecule has 0 aliphatic rings. The van der Waals surface area contributed by atoms with Crippen molar-refractivity contribution in [3.05, 3.63) is 52.9 Å². The third kappa shape index (κ3) is 3.20. The molecule has 1 atom stereocenters. The lowest BCUT2D eigenvalue weighted by Gasteiger charge is -2.15. The van der Waals surface area contributed by atoms with E-state index in [1.165, 1.54) is 12.3 Å². The Balaban J connectivity index is 2.18. The van der Waals surface area contributed by atoms with Crippen molar-refractivity contribution in [1.82, 2.24) is 9.97 Å². The number of anilines is 1. The second-order valence-corrected chi connectivity index (χ2v) is 4.42. The molecular formula is C13H12ClN3O2. The summed E-state index contributed by atoms with van der Waals surface area (Å²) >= 11 is 6.00. The van der Waals surface area contributed by atoms with Crippen molar-refractivity contribution in [2.75, 3.05) is 5.32 Å². The van der Waals surface area contributed by atoms with Crippen LogP contribution in [0.2, 0.25) is 5.02 Å². The zero-order chi connectivity index (χ0) is 13.8. The summed E-state index contributed by atoms with van der Waals surface area (Å²) in [4.78, 5) is 18.8. The molecule has 2 aromatic rings. The van der Waals surface area contributed by atoms with Gasteiger partial charge in [-0.15, -0.1) is 0 Å². The van der Waals surface area contributed by atoms with Gasteiger partial charge in [0.2, 0.25) is 0 Å². The smallest absolute Gasteiger partial charge is 0.337 e. The van der Waals surface area contributed by atoms with Gasteiger partial charge in [0.1, 0.15) is 5.82 Å². The van der Waals surface area contributed by atoms with Crippen molar-refractivity contribution in [2.45, 2.75) is 13.0 Å². The van der Waals surface area contributed by atoms with E-state index in [4.69, 9.17) is 16.7 Å². The highest BCUT2D eigenvalue weighted by Gasteiger charge is 2.11. The topological polar surface area (TPSA) is 75.1 Å². The first kappa shape index (κ1) is 13.3. The highest BCUT2D eigenvalue weighted by Crippen LogP contribution is 2.24. The van der Waals surface area contributed by atoms with Gasteiger partial charge in [-0.2, -0.15) is 0 Å². The van der Waals surface area contributed by atoms with E-state index in [0.717, 1.165) is 5.56 Å². The second-order valence-electron chi connectivity index (χ2n) is 4.01. The maximum absolute atomic E-state index is 10.8. The van der Waals surface area contributed by atoms with Crippen LogP contribution in [0.1, 0.15) is 28.9 Å². The Morgan fingerprint density at radius 1 is 1.47 bits per heavy atom. The maximum Gasteiger partial charge on any atom is 0.337 e. The number of hydrogen-bond acceptors (Lipinski definition) is 4. The van der Waals surface area contributed by atoms with Crippen LogP contribution in [0.5, 0.6) is 0 Å². The van der Waals surface area contributed by atoms with Gasteiger partial charge in [-0.05, 0) is 24.6 Å². The zero-order valence-corrected chi connectivity index (χ0v) is 10.9. The predicted octanol–water partition coefficient (Wildman–Crippen LogP) is 3.00. The molecule has 0 aliphatic carbocycles. The minimum Gasteiger partial charge on any atom is -0.478 e. The van der Waals surface area contributed by atoms with Crippen LogP contribution in [0.3, 0.4) is 0 Å². The van der Waals surface area contributed by atoms with Crippen molar-refractivity contribution in [1.29, 1.82) is 0 Å². The molecule has 0 aromatic carbocycles. The fraction of sp³-hybridized carbons (Fsp3) is 0.154. The Bertz CT molecular complexity index is 590. The molecule has 5 nitrogen and oxygen atoms in total. The van der Waals surface area contributed by atoms with E-state index in [-0.39, 0.29) is 16.6 Å². The molecule has 0 fully saturated rings. The Kier molecular flexibility index (Phi) is 3.97. The quantitative estimate of drug-likeness (QED) is 0.898. The van der Waals surface area contributed by atoms with Crippen molar-refractivity contribution in [2.24, 2.45) is 0 Å². The SMILES string of the molecule is C[C@@H](Nc1ncc(C(=O)O)cc1Cl)c1cccnc1. The van der Waals surface area contributed by atoms with Crippen molar-refractivity contribution < 1.29 is 9.90 Å². The minimum absolute atomic E-state index is 0.0330. The van der Waals surface area contributed by atoms with Crippen molar-refractivity contribution in [3.63, 3.8) is 0 Å². The molecule has 2 heterocycles. The lowest BCUT2D eigenvalue weighted by Crippen LogP contribution is -2.09. The number of pyridine rings is 2. The number of nitrogens with one attached hydrogen (secondary N) is 1. The van der Waals surface area contributed by atoms with Crippen molar-refractivity contribution >= 4 is 23.4 Å². The fourth-order valence-corrected chi connectivity index (χ4v) is 1.80. The summed E-state index contributed by atoms with van der Waals surface area (Å²) in [6.07, 6.45) is 4.72. The van der Waals surface area contributed by atoms with Crippen LogP contribution in [0.4, 0.5) is 5.82 Å². The summed E-state index contributed by atoms with van der Waals surface area (Å²) in [6.45, 7) is 1.94. The van der Waals surface area contributed by atoms with Crippen LogP contribution in [0.15, 0.2) is 36.8 Å². The molecule has 0 unspecified atom stereocenters. The van der Waals surface area contributed by atoms with Crippen LogP contribution >= 0.6 is 11.6 Å². The molecule has 0 radical (unpaired) electrons. The van der Waals surface area contributed by atoms with Gasteiger partial charge >= 0.3 is 5.97 Å². The molecule has 19 heavy (non-hydrogen) atoms. The Morgan fingerprint density at radius 3 is 2.84 bits per heavy atom. The van der Waals surface area contributed by atoms with Crippen molar-refractivity contribution in [3.8, 4) is 0 Å². The molecule has 2 N–H and O–H groups in total. The van der Waals surface area contributed by atoms with E-state index in [1.807, 2.05) is 19.1 Å². The van der Waals surface area contributed by atoms with Crippen LogP contribution in [0, 0.1) is 0 Å². The van der Waals surface area contributed by atoms with Gasteiger partial charge in [-0.25, -0.2) is 9.78 Å². The number of halogens is 1. The van der Waals surface area contributed by atoms with E-state index >= 15 is 0 Å². The van der Waals surface area contributed by atoms with Gasteiger partial charge in [0.05, 0.1) is 16.6 Å². The highest BCUT2D eigenvalue weighted by molar-refractivity contribution is 6.33. The lowest BCUT2D eigenvalue weighted by atomic mass is 10.1. The molecule has 0 aliphatic heterocycles. The third-order valence-electron chi connectivity index (χ3n) is 2.63. The first-order chi connectivity index (χ1) is 9.08. The fourth-order valence-electron chi connectivity index (χ4n) is 1.58. The summed E-state index contributed by atoms with van der Waals surface area (Å²) in [6, 6.07) is 5.12. The summed E-state index contributed by atoms with van der Waals surface area (Å²) in [7, 11) is 0. The van der Waals surface area contributed by atoms with E-state index in [9.17, 15) is 4.79 Å². The van der Waals surface area contributed by atoms with Gasteiger partial charge in [-0.3, -0.25) is 4.98 Å².